The summed E-state index contributed by atoms with van der Waals surface area (Å²) in [6.45, 7) is 2.07. The van der Waals surface area contributed by atoms with Gasteiger partial charge in [-0.25, -0.2) is 0 Å². The Kier molecular flexibility index (Phi) is 1.40. The second kappa shape index (κ2) is 2.26. The lowest BCUT2D eigenvalue weighted by atomic mass is 10.0. The zero-order chi connectivity index (χ0) is 6.97. The maximum absolute atomic E-state index is 10.4. The average Bonchev–Trinajstić information content (AvgIpc) is 2.42. The van der Waals surface area contributed by atoms with Crippen LogP contribution in [0.2, 0.25) is 0 Å². The second-order valence-electron chi connectivity index (χ2n) is 3.51. The summed E-state index contributed by atoms with van der Waals surface area (Å²) in [5.74, 6) is 1.70. The molecule has 0 aromatic carbocycles. The molecule has 2 unspecified atom stereocenters. The van der Waals surface area contributed by atoms with Crippen LogP contribution in [0.3, 0.4) is 0 Å². The average molecular weight is 139 g/mol. The fourth-order valence-electron chi connectivity index (χ4n) is 2.36. The Hall–Kier alpha value is -0.530. The van der Waals surface area contributed by atoms with Crippen LogP contribution in [0.5, 0.6) is 0 Å². The minimum Gasteiger partial charge on any atom is -0.345 e. The predicted octanol–water partition coefficient (Wildman–Crippen LogP) is 0.875. The Morgan fingerprint density at radius 1 is 1.20 bits per heavy atom. The topological polar surface area (TPSA) is 20.3 Å². The molecule has 0 aromatic rings. The molecule has 0 aromatic heterocycles. The number of hydrogen-bond acceptors (Lipinski definition) is 1. The van der Waals surface area contributed by atoms with Crippen LogP contribution >= 0.6 is 0 Å². The van der Waals surface area contributed by atoms with Crippen molar-refractivity contribution < 1.29 is 4.79 Å². The van der Waals surface area contributed by atoms with Gasteiger partial charge in [0.25, 0.3) is 0 Å². The molecule has 0 spiro atoms. The zero-order valence-corrected chi connectivity index (χ0v) is 6.12. The number of carbonyl (C=O) groups excluding carboxylic acids is 1. The molecule has 0 bridgehead atoms. The first-order valence-electron chi connectivity index (χ1n) is 4.09. The molecule has 1 saturated carbocycles. The Morgan fingerprint density at radius 3 is 2.30 bits per heavy atom. The summed E-state index contributed by atoms with van der Waals surface area (Å²) in [4.78, 5) is 12.3. The highest BCUT2D eigenvalue weighted by Crippen LogP contribution is 2.36. The van der Waals surface area contributed by atoms with Crippen molar-refractivity contribution in [1.29, 1.82) is 0 Å². The van der Waals surface area contributed by atoms with Gasteiger partial charge >= 0.3 is 0 Å². The summed E-state index contributed by atoms with van der Waals surface area (Å²) in [6, 6.07) is 0. The van der Waals surface area contributed by atoms with Crippen molar-refractivity contribution in [3.63, 3.8) is 0 Å². The van der Waals surface area contributed by atoms with Gasteiger partial charge in [-0.05, 0) is 24.7 Å². The summed E-state index contributed by atoms with van der Waals surface area (Å²) in [5, 5.41) is 0. The third-order valence-electron chi connectivity index (χ3n) is 2.90. The Balaban J connectivity index is 1.99. The van der Waals surface area contributed by atoms with E-state index in [-0.39, 0.29) is 0 Å². The molecule has 1 aliphatic heterocycles. The molecular formula is C8H13NO. The van der Waals surface area contributed by atoms with E-state index in [1.807, 2.05) is 4.90 Å². The van der Waals surface area contributed by atoms with Gasteiger partial charge in [0.2, 0.25) is 6.41 Å². The largest absolute Gasteiger partial charge is 0.345 e. The van der Waals surface area contributed by atoms with Crippen LogP contribution in [0.15, 0.2) is 0 Å². The van der Waals surface area contributed by atoms with Gasteiger partial charge in [-0.3, -0.25) is 4.79 Å². The number of rotatable bonds is 1. The molecule has 56 valence electrons. The number of carbonyl (C=O) groups is 1. The van der Waals surface area contributed by atoms with Crippen molar-refractivity contribution in [2.24, 2.45) is 11.8 Å². The quantitative estimate of drug-likeness (QED) is 0.494. The van der Waals surface area contributed by atoms with Gasteiger partial charge < -0.3 is 4.90 Å². The summed E-state index contributed by atoms with van der Waals surface area (Å²) in [7, 11) is 0. The van der Waals surface area contributed by atoms with Crippen molar-refractivity contribution in [3.8, 4) is 0 Å². The number of fused-ring (bicyclic) bond motifs is 1. The van der Waals surface area contributed by atoms with Gasteiger partial charge in [-0.1, -0.05) is 6.42 Å². The Bertz CT molecular complexity index is 134. The van der Waals surface area contributed by atoms with Gasteiger partial charge in [0, 0.05) is 13.1 Å². The van der Waals surface area contributed by atoms with Gasteiger partial charge in [0.1, 0.15) is 0 Å². The van der Waals surface area contributed by atoms with Crippen molar-refractivity contribution in [2.75, 3.05) is 13.1 Å². The summed E-state index contributed by atoms with van der Waals surface area (Å²) in [5.41, 5.74) is 0. The fraction of sp³-hybridized carbons (Fsp3) is 0.875. The van der Waals surface area contributed by atoms with Crippen LogP contribution in [0.25, 0.3) is 0 Å². The van der Waals surface area contributed by atoms with Crippen molar-refractivity contribution in [2.45, 2.75) is 19.3 Å². The van der Waals surface area contributed by atoms with Crippen molar-refractivity contribution in [3.05, 3.63) is 0 Å². The standard InChI is InChI=1S/C8H13NO/c10-6-9-4-7-2-1-3-8(7)5-9/h6-8H,1-5H2. The summed E-state index contributed by atoms with van der Waals surface area (Å²) >= 11 is 0. The fourth-order valence-corrected chi connectivity index (χ4v) is 2.36. The first-order chi connectivity index (χ1) is 4.90. The molecule has 0 N–H and O–H groups in total. The molecule has 2 nitrogen and oxygen atoms in total. The SMILES string of the molecule is O=CN1CC2CCCC2C1. The molecule has 1 heterocycles. The third-order valence-corrected chi connectivity index (χ3v) is 2.90. The van der Waals surface area contributed by atoms with Gasteiger partial charge in [0.15, 0.2) is 0 Å². The van der Waals surface area contributed by atoms with E-state index < -0.39 is 0 Å². The van der Waals surface area contributed by atoms with E-state index in [0.29, 0.717) is 0 Å². The lowest BCUT2D eigenvalue weighted by Crippen LogP contribution is -2.18. The number of nitrogens with zero attached hydrogens (tertiary/aromatic N) is 1. The minimum absolute atomic E-state index is 0.852. The molecular weight excluding hydrogens is 126 g/mol. The van der Waals surface area contributed by atoms with E-state index in [1.54, 1.807) is 0 Å². The molecule has 10 heavy (non-hydrogen) atoms. The molecule has 0 radical (unpaired) electrons. The summed E-state index contributed by atoms with van der Waals surface area (Å²) < 4.78 is 0. The lowest BCUT2D eigenvalue weighted by Gasteiger charge is -2.08. The first kappa shape index (κ1) is 6.20. The lowest BCUT2D eigenvalue weighted by molar-refractivity contribution is -0.117. The summed E-state index contributed by atoms with van der Waals surface area (Å²) in [6.07, 6.45) is 5.10. The van der Waals surface area contributed by atoms with Crippen molar-refractivity contribution in [1.82, 2.24) is 4.90 Å². The van der Waals surface area contributed by atoms with Crippen LogP contribution in [0.4, 0.5) is 0 Å². The smallest absolute Gasteiger partial charge is 0.209 e. The van der Waals surface area contributed by atoms with E-state index in [1.165, 1.54) is 19.3 Å². The maximum Gasteiger partial charge on any atom is 0.209 e. The molecule has 1 amide bonds. The third kappa shape index (κ3) is 0.825. The molecule has 2 rings (SSSR count). The minimum atomic E-state index is 0.852. The Labute approximate surface area is 61.2 Å². The molecule has 1 aliphatic carbocycles. The van der Waals surface area contributed by atoms with Gasteiger partial charge in [-0.2, -0.15) is 0 Å². The second-order valence-corrected chi connectivity index (χ2v) is 3.51. The molecule has 2 heteroatoms. The normalized spacial score (nSPS) is 38.2. The van der Waals surface area contributed by atoms with E-state index in [0.717, 1.165) is 31.3 Å². The molecule has 2 fully saturated rings. The maximum atomic E-state index is 10.4. The van der Waals surface area contributed by atoms with Gasteiger partial charge in [-0.15, -0.1) is 0 Å². The van der Waals surface area contributed by atoms with Crippen LogP contribution < -0.4 is 0 Å². The van der Waals surface area contributed by atoms with Crippen molar-refractivity contribution >= 4 is 6.41 Å². The molecule has 2 aliphatic rings. The van der Waals surface area contributed by atoms with E-state index >= 15 is 0 Å². The number of amides is 1. The van der Waals surface area contributed by atoms with Crippen LogP contribution in [0.1, 0.15) is 19.3 Å². The van der Waals surface area contributed by atoms with Crippen LogP contribution in [0, 0.1) is 11.8 Å². The molecule has 1 saturated heterocycles. The highest BCUT2D eigenvalue weighted by Gasteiger charge is 2.35. The van der Waals surface area contributed by atoms with E-state index in [2.05, 4.69) is 0 Å². The molecule has 2 atom stereocenters. The monoisotopic (exact) mass is 139 g/mol. The van der Waals surface area contributed by atoms with E-state index in [9.17, 15) is 4.79 Å². The predicted molar refractivity (Wildman–Crippen MR) is 38.5 cm³/mol. The number of likely N-dealkylation sites (tertiary alicyclic amines) is 1. The zero-order valence-electron chi connectivity index (χ0n) is 6.12. The van der Waals surface area contributed by atoms with E-state index in [4.69, 9.17) is 0 Å². The Morgan fingerprint density at radius 2 is 1.80 bits per heavy atom. The van der Waals surface area contributed by atoms with Crippen LogP contribution in [-0.2, 0) is 4.79 Å². The highest BCUT2D eigenvalue weighted by molar-refractivity contribution is 5.47. The van der Waals surface area contributed by atoms with Gasteiger partial charge in [0.05, 0.1) is 0 Å². The number of hydrogen-bond donors (Lipinski definition) is 0. The first-order valence-corrected chi connectivity index (χ1v) is 4.09. The highest BCUT2D eigenvalue weighted by atomic mass is 16.1. The van der Waals surface area contributed by atoms with Crippen LogP contribution in [-0.4, -0.2) is 24.4 Å².